The van der Waals surface area contributed by atoms with E-state index in [4.69, 9.17) is 4.98 Å². The second-order valence-electron chi connectivity index (χ2n) is 4.62. The molecule has 2 aromatic rings. The van der Waals surface area contributed by atoms with E-state index in [2.05, 4.69) is 46.4 Å². The molecule has 0 N–H and O–H groups in total. The molecule has 0 fully saturated rings. The van der Waals surface area contributed by atoms with Gasteiger partial charge >= 0.3 is 0 Å². The molecular weight excluding hydrogens is 264 g/mol. The molecule has 0 aromatic carbocycles. The summed E-state index contributed by atoms with van der Waals surface area (Å²) in [6.07, 6.45) is 5.80. The Hall–Kier alpha value is -0.830. The number of rotatable bonds is 1. The van der Waals surface area contributed by atoms with Gasteiger partial charge in [-0.2, -0.15) is 0 Å². The van der Waals surface area contributed by atoms with E-state index in [0.717, 1.165) is 5.65 Å². The smallest absolute Gasteiger partial charge is 0.137 e. The highest BCUT2D eigenvalue weighted by atomic mass is 79.9. The molecule has 1 aliphatic rings. The minimum atomic E-state index is 0.675. The third kappa shape index (κ3) is 1.34. The number of fused-ring (bicyclic) bond motifs is 3. The van der Waals surface area contributed by atoms with Gasteiger partial charge in [-0.15, -0.1) is 0 Å². The van der Waals surface area contributed by atoms with E-state index in [0.29, 0.717) is 5.92 Å². The molecule has 1 atom stereocenters. The summed E-state index contributed by atoms with van der Waals surface area (Å²) in [6.45, 7) is 4.37. The molecule has 0 amide bonds. The van der Waals surface area contributed by atoms with Crippen LogP contribution in [0.15, 0.2) is 16.7 Å². The highest BCUT2D eigenvalue weighted by Crippen LogP contribution is 2.35. The van der Waals surface area contributed by atoms with Gasteiger partial charge in [-0.05, 0) is 53.7 Å². The van der Waals surface area contributed by atoms with Crippen molar-refractivity contribution in [3.05, 3.63) is 33.7 Å². The second-order valence-corrected chi connectivity index (χ2v) is 5.47. The van der Waals surface area contributed by atoms with E-state index in [1.54, 1.807) is 0 Å². The van der Waals surface area contributed by atoms with E-state index >= 15 is 0 Å². The fourth-order valence-corrected chi connectivity index (χ4v) is 2.97. The number of hydrogen-bond acceptors (Lipinski definition) is 1. The van der Waals surface area contributed by atoms with Crippen molar-refractivity contribution < 1.29 is 0 Å². The van der Waals surface area contributed by atoms with Gasteiger partial charge in [-0.25, -0.2) is 4.98 Å². The number of pyridine rings is 1. The van der Waals surface area contributed by atoms with Gasteiger partial charge in [-0.3, -0.25) is 0 Å². The quantitative estimate of drug-likeness (QED) is 0.775. The molecule has 3 rings (SSSR count). The largest absolute Gasteiger partial charge is 0.303 e. The fraction of sp³-hybridized carbons (Fsp3) is 0.462. The summed E-state index contributed by atoms with van der Waals surface area (Å²) in [7, 11) is 0. The lowest BCUT2D eigenvalue weighted by molar-refractivity contribution is 0.641. The summed E-state index contributed by atoms with van der Waals surface area (Å²) >= 11 is 3.59. The number of hydrogen-bond donors (Lipinski definition) is 0. The first kappa shape index (κ1) is 10.3. The zero-order valence-electron chi connectivity index (χ0n) is 9.63. The summed E-state index contributed by atoms with van der Waals surface area (Å²) in [4.78, 5) is 4.79. The number of nitrogens with zero attached hydrogens (tertiary/aromatic N) is 2. The highest BCUT2D eigenvalue weighted by molar-refractivity contribution is 9.10. The van der Waals surface area contributed by atoms with Crippen LogP contribution in [0.1, 0.15) is 42.6 Å². The van der Waals surface area contributed by atoms with Gasteiger partial charge in [0.15, 0.2) is 0 Å². The maximum atomic E-state index is 4.79. The molecule has 2 heterocycles. The zero-order valence-corrected chi connectivity index (χ0v) is 11.2. The standard InChI is InChI=1S/C13H15BrN2/c1-3-9-4-5-11-13(9)15-12-6-8(2)10(14)7-16(11)12/h6-7,9H,3-5H2,1-2H3. The fourth-order valence-electron chi connectivity index (χ4n) is 2.65. The van der Waals surface area contributed by atoms with Gasteiger partial charge in [0.25, 0.3) is 0 Å². The van der Waals surface area contributed by atoms with Crippen LogP contribution in [-0.4, -0.2) is 9.38 Å². The molecular formula is C13H15BrN2. The van der Waals surface area contributed by atoms with E-state index in [-0.39, 0.29) is 0 Å². The third-order valence-electron chi connectivity index (χ3n) is 3.64. The summed E-state index contributed by atoms with van der Waals surface area (Å²) in [5, 5.41) is 0. The minimum Gasteiger partial charge on any atom is -0.303 e. The van der Waals surface area contributed by atoms with Gasteiger partial charge in [0.1, 0.15) is 5.65 Å². The Balaban J connectivity index is 2.27. The second kappa shape index (κ2) is 3.59. The van der Waals surface area contributed by atoms with Crippen LogP contribution >= 0.6 is 15.9 Å². The van der Waals surface area contributed by atoms with Gasteiger partial charge in [0.2, 0.25) is 0 Å². The summed E-state index contributed by atoms with van der Waals surface area (Å²) in [5.74, 6) is 0.675. The predicted molar refractivity (Wildman–Crippen MR) is 69.0 cm³/mol. The number of imidazole rings is 1. The summed E-state index contributed by atoms with van der Waals surface area (Å²) in [6, 6.07) is 2.16. The highest BCUT2D eigenvalue weighted by Gasteiger charge is 2.26. The molecule has 2 nitrogen and oxygen atoms in total. The molecule has 1 unspecified atom stereocenters. The zero-order chi connectivity index (χ0) is 11.3. The van der Waals surface area contributed by atoms with E-state index in [9.17, 15) is 0 Å². The van der Waals surface area contributed by atoms with Gasteiger partial charge in [0, 0.05) is 22.3 Å². The minimum absolute atomic E-state index is 0.675. The predicted octanol–water partition coefficient (Wildman–Crippen LogP) is 3.85. The van der Waals surface area contributed by atoms with Crippen LogP contribution in [0.2, 0.25) is 0 Å². The lowest BCUT2D eigenvalue weighted by Crippen LogP contribution is -1.92. The Morgan fingerprint density at radius 1 is 1.56 bits per heavy atom. The van der Waals surface area contributed by atoms with E-state index in [1.165, 1.54) is 40.7 Å². The number of halogens is 1. The maximum absolute atomic E-state index is 4.79. The molecule has 0 bridgehead atoms. The maximum Gasteiger partial charge on any atom is 0.137 e. The Labute approximate surface area is 104 Å². The van der Waals surface area contributed by atoms with E-state index in [1.807, 2.05) is 0 Å². The van der Waals surface area contributed by atoms with Crippen molar-refractivity contribution >= 4 is 21.6 Å². The lowest BCUT2D eigenvalue weighted by Gasteiger charge is -2.03. The van der Waals surface area contributed by atoms with Crippen LogP contribution in [-0.2, 0) is 6.42 Å². The van der Waals surface area contributed by atoms with Gasteiger partial charge in [0.05, 0.1) is 5.69 Å². The van der Waals surface area contributed by atoms with Crippen molar-refractivity contribution in [2.75, 3.05) is 0 Å². The average molecular weight is 279 g/mol. The van der Waals surface area contributed by atoms with E-state index < -0.39 is 0 Å². The van der Waals surface area contributed by atoms with Gasteiger partial charge < -0.3 is 4.40 Å². The normalized spacial score (nSPS) is 19.3. The van der Waals surface area contributed by atoms with Crippen LogP contribution in [0.3, 0.4) is 0 Å². The monoisotopic (exact) mass is 278 g/mol. The Kier molecular flexibility index (Phi) is 2.32. The topological polar surface area (TPSA) is 17.3 Å². The van der Waals surface area contributed by atoms with Crippen LogP contribution in [0, 0.1) is 6.92 Å². The molecule has 0 radical (unpaired) electrons. The molecule has 0 saturated heterocycles. The summed E-state index contributed by atoms with van der Waals surface area (Å²) in [5.41, 5.74) is 5.11. The van der Waals surface area contributed by atoms with Crippen molar-refractivity contribution in [2.45, 2.75) is 39.0 Å². The first-order valence-electron chi connectivity index (χ1n) is 5.87. The molecule has 0 spiro atoms. The SMILES string of the molecule is CCC1CCc2c1nc1cc(C)c(Br)cn21. The molecule has 2 aromatic heterocycles. The lowest BCUT2D eigenvalue weighted by atomic mass is 10.1. The van der Waals surface area contributed by atoms with Crippen molar-refractivity contribution in [3.8, 4) is 0 Å². The Morgan fingerprint density at radius 2 is 2.38 bits per heavy atom. The molecule has 1 aliphatic carbocycles. The summed E-state index contributed by atoms with van der Waals surface area (Å²) < 4.78 is 3.42. The van der Waals surface area contributed by atoms with Gasteiger partial charge in [-0.1, -0.05) is 6.92 Å². The van der Waals surface area contributed by atoms with Crippen LogP contribution < -0.4 is 0 Å². The van der Waals surface area contributed by atoms with Crippen molar-refractivity contribution in [1.82, 2.24) is 9.38 Å². The molecule has 3 heteroatoms. The molecule has 16 heavy (non-hydrogen) atoms. The van der Waals surface area contributed by atoms with Crippen molar-refractivity contribution in [3.63, 3.8) is 0 Å². The van der Waals surface area contributed by atoms with Crippen LogP contribution in [0.4, 0.5) is 0 Å². The number of aryl methyl sites for hydroxylation is 2. The molecule has 0 saturated carbocycles. The first-order valence-corrected chi connectivity index (χ1v) is 6.67. The van der Waals surface area contributed by atoms with Crippen molar-refractivity contribution in [1.29, 1.82) is 0 Å². The third-order valence-corrected chi connectivity index (χ3v) is 4.47. The first-order chi connectivity index (χ1) is 7.70. The van der Waals surface area contributed by atoms with Crippen LogP contribution in [0.5, 0.6) is 0 Å². The number of aromatic nitrogens is 2. The Morgan fingerprint density at radius 3 is 3.12 bits per heavy atom. The van der Waals surface area contributed by atoms with Crippen LogP contribution in [0.25, 0.3) is 5.65 Å². The molecule has 84 valence electrons. The average Bonchev–Trinajstić information content (AvgIpc) is 2.78. The molecule has 0 aliphatic heterocycles. The van der Waals surface area contributed by atoms with Crippen molar-refractivity contribution in [2.24, 2.45) is 0 Å². The Bertz CT molecular complexity index is 557.